The quantitative estimate of drug-likeness (QED) is 0.606. The van der Waals surface area contributed by atoms with E-state index in [4.69, 9.17) is 25.8 Å². The van der Waals surface area contributed by atoms with Crippen molar-refractivity contribution in [1.29, 1.82) is 0 Å². The van der Waals surface area contributed by atoms with Gasteiger partial charge in [-0.05, 0) is 36.2 Å². The molecule has 162 valence electrons. The molecular weight excluding hydrogens is 427 g/mol. The van der Waals surface area contributed by atoms with Gasteiger partial charge in [-0.1, -0.05) is 17.7 Å². The number of nitrogens with one attached hydrogen (secondary N) is 1. The summed E-state index contributed by atoms with van der Waals surface area (Å²) in [6.45, 7) is -0.747. The summed E-state index contributed by atoms with van der Waals surface area (Å²) in [7, 11) is 2.99. The van der Waals surface area contributed by atoms with Crippen molar-refractivity contribution >= 4 is 29.2 Å². The second-order valence-corrected chi connectivity index (χ2v) is 6.50. The van der Waals surface area contributed by atoms with E-state index in [0.29, 0.717) is 11.5 Å². The molecule has 0 aliphatic rings. The van der Waals surface area contributed by atoms with Crippen molar-refractivity contribution in [2.75, 3.05) is 26.1 Å². The third-order valence-electron chi connectivity index (χ3n) is 3.98. The number of carbonyl (C=O) groups is 2. The fraction of sp³-hybridized carbons (Fsp3) is 0.300. The molecule has 10 heteroatoms. The van der Waals surface area contributed by atoms with Crippen LogP contribution in [0.4, 0.5) is 18.9 Å². The van der Waals surface area contributed by atoms with Crippen LogP contribution in [0.1, 0.15) is 17.5 Å². The minimum Gasteiger partial charge on any atom is -0.497 e. The van der Waals surface area contributed by atoms with Crippen molar-refractivity contribution in [2.24, 2.45) is 0 Å². The van der Waals surface area contributed by atoms with E-state index in [9.17, 15) is 22.8 Å². The molecule has 0 unspecified atom stereocenters. The molecule has 0 saturated carbocycles. The monoisotopic (exact) mass is 445 g/mol. The Labute approximate surface area is 175 Å². The van der Waals surface area contributed by atoms with Crippen LogP contribution < -0.4 is 14.8 Å². The summed E-state index contributed by atoms with van der Waals surface area (Å²) in [6, 6.07) is 8.23. The third-order valence-corrected chi connectivity index (χ3v) is 4.29. The number of alkyl halides is 3. The summed E-state index contributed by atoms with van der Waals surface area (Å²) in [5, 5.41) is 1.76. The fourth-order valence-corrected chi connectivity index (χ4v) is 2.76. The van der Waals surface area contributed by atoms with E-state index in [2.05, 4.69) is 0 Å². The van der Waals surface area contributed by atoms with Crippen LogP contribution in [0.2, 0.25) is 5.02 Å². The van der Waals surface area contributed by atoms with Gasteiger partial charge in [0.2, 0.25) is 0 Å². The Morgan fingerprint density at radius 1 is 1.07 bits per heavy atom. The van der Waals surface area contributed by atoms with E-state index < -0.39 is 35.9 Å². The SMILES string of the molecule is COc1cc(CCC(=O)OCC(=O)Nc2c(Cl)cccc2C(F)(F)F)cc(OC)c1. The summed E-state index contributed by atoms with van der Waals surface area (Å²) >= 11 is 5.77. The highest BCUT2D eigenvalue weighted by molar-refractivity contribution is 6.34. The first kappa shape index (κ1) is 23.3. The number of rotatable bonds is 8. The lowest BCUT2D eigenvalue weighted by Crippen LogP contribution is -2.23. The van der Waals surface area contributed by atoms with Gasteiger partial charge in [0.1, 0.15) is 11.5 Å². The van der Waals surface area contributed by atoms with Gasteiger partial charge >= 0.3 is 12.1 Å². The van der Waals surface area contributed by atoms with E-state index in [-0.39, 0.29) is 17.9 Å². The Balaban J connectivity index is 1.91. The number of hydrogen-bond acceptors (Lipinski definition) is 5. The molecule has 0 aromatic heterocycles. The Morgan fingerprint density at radius 3 is 2.27 bits per heavy atom. The molecule has 2 aromatic rings. The van der Waals surface area contributed by atoms with Crippen molar-refractivity contribution in [3.05, 3.63) is 52.5 Å². The Bertz CT molecular complexity index is 896. The maximum absolute atomic E-state index is 13.0. The third kappa shape index (κ3) is 6.55. The first-order valence-electron chi connectivity index (χ1n) is 8.67. The van der Waals surface area contributed by atoms with Gasteiger partial charge in [-0.2, -0.15) is 13.2 Å². The number of hydrogen-bond donors (Lipinski definition) is 1. The predicted octanol–water partition coefficient (Wildman–Crippen LogP) is 4.49. The van der Waals surface area contributed by atoms with Crippen LogP contribution in [0.15, 0.2) is 36.4 Å². The van der Waals surface area contributed by atoms with Crippen molar-refractivity contribution < 1.29 is 37.0 Å². The van der Waals surface area contributed by atoms with Crippen LogP contribution in [0.25, 0.3) is 0 Å². The van der Waals surface area contributed by atoms with Crippen LogP contribution in [0.3, 0.4) is 0 Å². The fourth-order valence-electron chi connectivity index (χ4n) is 2.54. The lowest BCUT2D eigenvalue weighted by atomic mass is 10.1. The van der Waals surface area contributed by atoms with E-state index in [1.54, 1.807) is 18.2 Å². The number of para-hydroxylation sites is 1. The zero-order valence-electron chi connectivity index (χ0n) is 16.1. The molecule has 0 radical (unpaired) electrons. The number of carbonyl (C=O) groups excluding carboxylic acids is 2. The maximum atomic E-state index is 13.0. The Kier molecular flexibility index (Phi) is 7.93. The Hall–Kier alpha value is -2.94. The van der Waals surface area contributed by atoms with Crippen LogP contribution in [0.5, 0.6) is 11.5 Å². The van der Waals surface area contributed by atoms with E-state index in [1.165, 1.54) is 20.3 Å². The number of benzene rings is 2. The molecule has 0 atom stereocenters. The summed E-state index contributed by atoms with van der Waals surface area (Å²) < 4.78 is 54.3. The zero-order valence-corrected chi connectivity index (χ0v) is 16.9. The lowest BCUT2D eigenvalue weighted by molar-refractivity contribution is -0.147. The summed E-state index contributed by atoms with van der Waals surface area (Å²) in [5.41, 5.74) is -0.934. The van der Waals surface area contributed by atoms with Gasteiger partial charge in [-0.25, -0.2) is 0 Å². The lowest BCUT2D eigenvalue weighted by Gasteiger charge is -2.15. The van der Waals surface area contributed by atoms with Crippen LogP contribution in [-0.2, 0) is 26.9 Å². The second-order valence-electron chi connectivity index (χ2n) is 6.09. The number of ether oxygens (including phenoxy) is 3. The number of aryl methyl sites for hydroxylation is 1. The first-order valence-corrected chi connectivity index (χ1v) is 9.05. The highest BCUT2D eigenvalue weighted by atomic mass is 35.5. The van der Waals surface area contributed by atoms with Gasteiger partial charge in [0, 0.05) is 12.5 Å². The van der Waals surface area contributed by atoms with Crippen LogP contribution >= 0.6 is 11.6 Å². The van der Waals surface area contributed by atoms with Crippen molar-refractivity contribution in [3.8, 4) is 11.5 Å². The first-order chi connectivity index (χ1) is 14.1. The summed E-state index contributed by atoms with van der Waals surface area (Å²) in [5.74, 6) is -0.526. The molecule has 0 saturated heterocycles. The topological polar surface area (TPSA) is 73.9 Å². The highest BCUT2D eigenvalue weighted by Crippen LogP contribution is 2.38. The Morgan fingerprint density at radius 2 is 1.70 bits per heavy atom. The minimum absolute atomic E-state index is 0.0521. The minimum atomic E-state index is -4.71. The second kappa shape index (κ2) is 10.2. The van der Waals surface area contributed by atoms with E-state index in [1.807, 2.05) is 5.32 Å². The van der Waals surface area contributed by atoms with Gasteiger partial charge in [0.25, 0.3) is 5.91 Å². The van der Waals surface area contributed by atoms with Crippen LogP contribution in [-0.4, -0.2) is 32.7 Å². The maximum Gasteiger partial charge on any atom is 0.418 e. The number of amides is 1. The van der Waals surface area contributed by atoms with Crippen LogP contribution in [0, 0.1) is 0 Å². The predicted molar refractivity (Wildman–Crippen MR) is 104 cm³/mol. The molecule has 0 bridgehead atoms. The summed E-state index contributed by atoms with van der Waals surface area (Å²) in [4.78, 5) is 23.8. The van der Waals surface area contributed by atoms with Crippen molar-refractivity contribution in [2.45, 2.75) is 19.0 Å². The van der Waals surface area contributed by atoms with Gasteiger partial charge in [0.15, 0.2) is 6.61 Å². The normalized spacial score (nSPS) is 11.0. The summed E-state index contributed by atoms with van der Waals surface area (Å²) in [6.07, 6.45) is -4.47. The number of esters is 1. The number of methoxy groups -OCH3 is 2. The van der Waals surface area contributed by atoms with Gasteiger partial charge < -0.3 is 19.5 Å². The van der Waals surface area contributed by atoms with Gasteiger partial charge in [0.05, 0.1) is 30.5 Å². The molecule has 0 aliphatic heterocycles. The molecule has 0 aliphatic carbocycles. The molecule has 0 spiro atoms. The molecule has 6 nitrogen and oxygen atoms in total. The van der Waals surface area contributed by atoms with Crippen molar-refractivity contribution in [3.63, 3.8) is 0 Å². The molecule has 1 N–H and O–H groups in total. The largest absolute Gasteiger partial charge is 0.497 e. The van der Waals surface area contributed by atoms with E-state index >= 15 is 0 Å². The molecule has 2 aromatic carbocycles. The molecule has 30 heavy (non-hydrogen) atoms. The average Bonchev–Trinajstić information content (AvgIpc) is 2.71. The smallest absolute Gasteiger partial charge is 0.418 e. The molecule has 0 heterocycles. The van der Waals surface area contributed by atoms with E-state index in [0.717, 1.165) is 17.7 Å². The zero-order chi connectivity index (χ0) is 22.3. The molecule has 0 fully saturated rings. The van der Waals surface area contributed by atoms with Gasteiger partial charge in [-0.3, -0.25) is 9.59 Å². The van der Waals surface area contributed by atoms with Gasteiger partial charge in [-0.15, -0.1) is 0 Å². The molecular formula is C20H19ClF3NO5. The standard InChI is InChI=1S/C20H19ClF3NO5/c1-28-13-8-12(9-14(10-13)29-2)6-7-18(27)30-11-17(26)25-19-15(20(22,23)24)4-3-5-16(19)21/h3-5,8-10H,6-7,11H2,1-2H3,(H,25,26). The number of halogens is 4. The molecule has 2 rings (SSSR count). The molecule has 1 amide bonds. The number of anilines is 1. The highest BCUT2D eigenvalue weighted by Gasteiger charge is 2.34. The van der Waals surface area contributed by atoms with Crippen molar-refractivity contribution in [1.82, 2.24) is 0 Å². The average molecular weight is 446 g/mol.